The first kappa shape index (κ1) is 14.3. The molecule has 0 bridgehead atoms. The van der Waals surface area contributed by atoms with Crippen LogP contribution in [0.2, 0.25) is 0 Å². The largest absolute Gasteiger partial charge is 0.381 e. The van der Waals surface area contributed by atoms with E-state index in [9.17, 15) is 8.42 Å². The van der Waals surface area contributed by atoms with Gasteiger partial charge in [0.25, 0.3) is 0 Å². The maximum Gasteiger partial charge on any atom is 0.175 e. The summed E-state index contributed by atoms with van der Waals surface area (Å²) in [5, 5.41) is 3.43. The van der Waals surface area contributed by atoms with Gasteiger partial charge in [0.2, 0.25) is 0 Å². The Hall–Kier alpha value is -1.07. The van der Waals surface area contributed by atoms with E-state index >= 15 is 0 Å². The van der Waals surface area contributed by atoms with Crippen LogP contribution in [0.3, 0.4) is 0 Å². The van der Waals surface area contributed by atoms with E-state index in [4.69, 9.17) is 0 Å². The Morgan fingerprint density at radius 3 is 2.68 bits per heavy atom. The van der Waals surface area contributed by atoms with Gasteiger partial charge in [-0.25, -0.2) is 8.42 Å². The van der Waals surface area contributed by atoms with Crippen molar-refractivity contribution >= 4 is 15.5 Å². The molecule has 1 saturated heterocycles. The number of nitrogens with zero attached hydrogens (tertiary/aromatic N) is 1. The lowest BCUT2D eigenvalue weighted by Gasteiger charge is -2.21. The molecule has 19 heavy (non-hydrogen) atoms. The van der Waals surface area contributed by atoms with Crippen molar-refractivity contribution in [2.75, 3.05) is 24.7 Å². The highest BCUT2D eigenvalue weighted by Crippen LogP contribution is 2.20. The molecule has 1 fully saturated rings. The van der Waals surface area contributed by atoms with Crippen LogP contribution in [0.25, 0.3) is 0 Å². The van der Waals surface area contributed by atoms with Crippen molar-refractivity contribution in [1.82, 2.24) is 4.90 Å². The van der Waals surface area contributed by atoms with Gasteiger partial charge in [-0.05, 0) is 38.5 Å². The van der Waals surface area contributed by atoms with E-state index in [0.717, 1.165) is 25.2 Å². The maximum absolute atomic E-state index is 11.5. The van der Waals surface area contributed by atoms with Crippen LogP contribution in [-0.4, -0.2) is 44.7 Å². The highest BCUT2D eigenvalue weighted by molar-refractivity contribution is 7.90. The van der Waals surface area contributed by atoms with Crippen molar-refractivity contribution in [2.24, 2.45) is 0 Å². The minimum Gasteiger partial charge on any atom is -0.381 e. The Labute approximate surface area is 115 Å². The van der Waals surface area contributed by atoms with Crippen molar-refractivity contribution < 1.29 is 8.42 Å². The van der Waals surface area contributed by atoms with Gasteiger partial charge in [0.15, 0.2) is 9.84 Å². The lowest BCUT2D eigenvalue weighted by molar-refractivity contribution is 0.274. The molecule has 1 heterocycles. The van der Waals surface area contributed by atoms with E-state index in [1.54, 1.807) is 18.2 Å². The quantitative estimate of drug-likeness (QED) is 0.917. The van der Waals surface area contributed by atoms with E-state index in [1.807, 2.05) is 6.07 Å². The smallest absolute Gasteiger partial charge is 0.175 e. The van der Waals surface area contributed by atoms with E-state index < -0.39 is 9.84 Å². The summed E-state index contributed by atoms with van der Waals surface area (Å²) in [4.78, 5) is 2.80. The van der Waals surface area contributed by atoms with Crippen molar-refractivity contribution in [3.8, 4) is 0 Å². The standard InChI is InChI=1S/C14H22N2O2S/c1-11(2)16-8-7-13(10-16)15-12-5-4-6-14(9-12)19(3,17)18/h4-6,9,11,13,15H,7-8,10H2,1-3H3. The predicted octanol–water partition coefficient (Wildman–Crippen LogP) is 1.98. The second-order valence-corrected chi connectivity index (χ2v) is 7.53. The second kappa shape index (κ2) is 5.51. The molecule has 0 radical (unpaired) electrons. The van der Waals surface area contributed by atoms with Gasteiger partial charge in [0.1, 0.15) is 0 Å². The van der Waals surface area contributed by atoms with E-state index in [2.05, 4.69) is 24.1 Å². The third-order valence-corrected chi connectivity index (χ3v) is 4.69. The maximum atomic E-state index is 11.5. The first-order valence-corrected chi connectivity index (χ1v) is 8.56. The van der Waals surface area contributed by atoms with Crippen LogP contribution in [0.5, 0.6) is 0 Å². The third kappa shape index (κ3) is 3.70. The van der Waals surface area contributed by atoms with Gasteiger partial charge >= 0.3 is 0 Å². The second-order valence-electron chi connectivity index (χ2n) is 5.52. The molecule has 1 unspecified atom stereocenters. The molecule has 0 saturated carbocycles. The predicted molar refractivity (Wildman–Crippen MR) is 78.3 cm³/mol. The lowest BCUT2D eigenvalue weighted by atomic mass is 10.2. The summed E-state index contributed by atoms with van der Waals surface area (Å²) in [5.74, 6) is 0. The number of hydrogen-bond donors (Lipinski definition) is 1. The number of anilines is 1. The van der Waals surface area contributed by atoms with Crippen LogP contribution in [0.4, 0.5) is 5.69 Å². The SMILES string of the molecule is CC(C)N1CCC(Nc2cccc(S(C)(=O)=O)c2)C1. The molecular formula is C14H22N2O2S. The molecule has 0 aliphatic carbocycles. The topological polar surface area (TPSA) is 49.4 Å². The Morgan fingerprint density at radius 1 is 1.37 bits per heavy atom. The summed E-state index contributed by atoms with van der Waals surface area (Å²) in [6.45, 7) is 6.52. The molecule has 1 atom stereocenters. The zero-order chi connectivity index (χ0) is 14.0. The monoisotopic (exact) mass is 282 g/mol. The summed E-state index contributed by atoms with van der Waals surface area (Å²) in [6.07, 6.45) is 2.34. The van der Waals surface area contributed by atoms with Gasteiger partial charge in [-0.1, -0.05) is 6.07 Å². The highest BCUT2D eigenvalue weighted by Gasteiger charge is 2.24. The number of likely N-dealkylation sites (tertiary alicyclic amines) is 1. The lowest BCUT2D eigenvalue weighted by Crippen LogP contribution is -2.31. The fourth-order valence-corrected chi connectivity index (χ4v) is 3.09. The van der Waals surface area contributed by atoms with Gasteiger partial charge in [-0.3, -0.25) is 4.90 Å². The molecule has 1 N–H and O–H groups in total. The van der Waals surface area contributed by atoms with Crippen LogP contribution in [-0.2, 0) is 9.84 Å². The van der Waals surface area contributed by atoms with Gasteiger partial charge < -0.3 is 5.32 Å². The molecule has 1 aromatic carbocycles. The van der Waals surface area contributed by atoms with Crippen LogP contribution >= 0.6 is 0 Å². The third-order valence-electron chi connectivity index (χ3n) is 3.58. The summed E-state index contributed by atoms with van der Waals surface area (Å²) in [6, 6.07) is 8.02. The first-order chi connectivity index (χ1) is 8.86. The summed E-state index contributed by atoms with van der Waals surface area (Å²) in [7, 11) is -3.13. The number of benzene rings is 1. The summed E-state index contributed by atoms with van der Waals surface area (Å²) in [5.41, 5.74) is 0.888. The Kier molecular flexibility index (Phi) is 4.16. The molecule has 4 nitrogen and oxygen atoms in total. The van der Waals surface area contributed by atoms with Crippen LogP contribution < -0.4 is 5.32 Å². The Bertz CT molecular complexity index is 540. The zero-order valence-corrected chi connectivity index (χ0v) is 12.6. The average Bonchev–Trinajstić information content (AvgIpc) is 2.77. The van der Waals surface area contributed by atoms with E-state index in [1.165, 1.54) is 6.26 Å². The molecule has 1 aromatic rings. The van der Waals surface area contributed by atoms with Gasteiger partial charge in [-0.2, -0.15) is 0 Å². The fourth-order valence-electron chi connectivity index (χ4n) is 2.43. The van der Waals surface area contributed by atoms with Crippen LogP contribution in [0, 0.1) is 0 Å². The average molecular weight is 282 g/mol. The van der Waals surface area contributed by atoms with Crippen molar-refractivity contribution in [2.45, 2.75) is 37.2 Å². The number of nitrogens with one attached hydrogen (secondary N) is 1. The van der Waals surface area contributed by atoms with Crippen molar-refractivity contribution in [3.63, 3.8) is 0 Å². The van der Waals surface area contributed by atoms with Crippen molar-refractivity contribution in [1.29, 1.82) is 0 Å². The molecule has 106 valence electrons. The van der Waals surface area contributed by atoms with Crippen LogP contribution in [0.15, 0.2) is 29.2 Å². The minimum atomic E-state index is -3.13. The molecule has 0 spiro atoms. The van der Waals surface area contributed by atoms with E-state index in [-0.39, 0.29) is 0 Å². The van der Waals surface area contributed by atoms with Gasteiger partial charge in [0, 0.05) is 37.1 Å². The zero-order valence-electron chi connectivity index (χ0n) is 11.8. The number of hydrogen-bond acceptors (Lipinski definition) is 4. The minimum absolute atomic E-state index is 0.371. The molecular weight excluding hydrogens is 260 g/mol. The van der Waals surface area contributed by atoms with Crippen molar-refractivity contribution in [3.05, 3.63) is 24.3 Å². The molecule has 1 aliphatic rings. The van der Waals surface area contributed by atoms with Gasteiger partial charge in [0.05, 0.1) is 4.90 Å². The van der Waals surface area contributed by atoms with Gasteiger partial charge in [-0.15, -0.1) is 0 Å². The summed E-state index contributed by atoms with van der Waals surface area (Å²) < 4.78 is 23.1. The summed E-state index contributed by atoms with van der Waals surface area (Å²) >= 11 is 0. The van der Waals surface area contributed by atoms with E-state index in [0.29, 0.717) is 17.0 Å². The molecule has 0 aromatic heterocycles. The Balaban J connectivity index is 2.05. The molecule has 1 aliphatic heterocycles. The first-order valence-electron chi connectivity index (χ1n) is 6.67. The number of sulfone groups is 1. The normalized spacial score (nSPS) is 20.9. The Morgan fingerprint density at radius 2 is 2.11 bits per heavy atom. The molecule has 5 heteroatoms. The fraction of sp³-hybridized carbons (Fsp3) is 0.571. The van der Waals surface area contributed by atoms with Crippen LogP contribution in [0.1, 0.15) is 20.3 Å². The molecule has 2 rings (SSSR count). The molecule has 0 amide bonds. The highest BCUT2D eigenvalue weighted by atomic mass is 32.2. The number of rotatable bonds is 4.